The minimum Gasteiger partial charge on any atom is -0.493 e. The molecule has 1 fully saturated rings. The maximum atomic E-state index is 12.2. The van der Waals surface area contributed by atoms with E-state index in [1.54, 1.807) is 12.1 Å². The number of methoxy groups -OCH3 is 1. The van der Waals surface area contributed by atoms with Gasteiger partial charge in [-0.3, -0.25) is 0 Å². The number of benzene rings is 1. The summed E-state index contributed by atoms with van der Waals surface area (Å²) in [5.74, 6) is 0.662. The van der Waals surface area contributed by atoms with Gasteiger partial charge in [0.15, 0.2) is 24.1 Å². The number of hydrogen-bond acceptors (Lipinski definition) is 4. The lowest BCUT2D eigenvalue weighted by Crippen LogP contribution is -2.44. The third-order valence-corrected chi connectivity index (χ3v) is 3.38. The second-order valence-electron chi connectivity index (χ2n) is 5.16. The van der Waals surface area contributed by atoms with Crippen LogP contribution in [0.4, 0.5) is 13.2 Å². The van der Waals surface area contributed by atoms with Crippen LogP contribution >= 0.6 is 0 Å². The average Bonchev–Trinajstić information content (AvgIpc) is 2.58. The fraction of sp³-hybridized carbons (Fsp3) is 0.533. The quantitative estimate of drug-likeness (QED) is 0.650. The number of alkyl halides is 3. The highest BCUT2D eigenvalue weighted by atomic mass is 19.4. The number of rotatable bonds is 5. The van der Waals surface area contributed by atoms with E-state index >= 15 is 0 Å². The van der Waals surface area contributed by atoms with Crippen molar-refractivity contribution in [1.82, 2.24) is 4.90 Å². The molecule has 1 saturated heterocycles. The van der Waals surface area contributed by atoms with Gasteiger partial charge >= 0.3 is 6.18 Å². The predicted molar refractivity (Wildman–Crippen MR) is 82.3 cm³/mol. The smallest absolute Gasteiger partial charge is 0.422 e. The van der Waals surface area contributed by atoms with Gasteiger partial charge in [0.25, 0.3) is 0 Å². The van der Waals surface area contributed by atoms with Crippen molar-refractivity contribution in [2.24, 2.45) is 10.7 Å². The van der Waals surface area contributed by atoms with E-state index in [-0.39, 0.29) is 11.5 Å². The van der Waals surface area contributed by atoms with Gasteiger partial charge in [0.05, 0.1) is 26.9 Å². The Balaban J connectivity index is 2.00. The van der Waals surface area contributed by atoms with Gasteiger partial charge < -0.3 is 24.8 Å². The number of aliphatic imine (C=N–C) groups is 1. The Labute approximate surface area is 138 Å². The Bertz CT molecular complexity index is 573. The first kappa shape index (κ1) is 18.2. The molecule has 2 rings (SSSR count). The molecule has 0 aromatic heterocycles. The molecule has 0 saturated carbocycles. The highest BCUT2D eigenvalue weighted by Gasteiger charge is 2.29. The molecule has 0 aliphatic carbocycles. The zero-order valence-electron chi connectivity index (χ0n) is 13.3. The average molecular weight is 347 g/mol. The van der Waals surface area contributed by atoms with Gasteiger partial charge in [-0.2, -0.15) is 13.2 Å². The Morgan fingerprint density at radius 1 is 1.29 bits per heavy atom. The SMILES string of the molecule is COc1cc(CN=C(N)N2CCOCC2)ccc1OCC(F)(F)F. The number of nitrogens with zero attached hydrogens (tertiary/aromatic N) is 2. The topological polar surface area (TPSA) is 69.3 Å². The van der Waals surface area contributed by atoms with E-state index in [1.165, 1.54) is 13.2 Å². The second-order valence-corrected chi connectivity index (χ2v) is 5.16. The third-order valence-electron chi connectivity index (χ3n) is 3.38. The van der Waals surface area contributed by atoms with Gasteiger partial charge in [0.1, 0.15) is 0 Å². The molecule has 9 heteroatoms. The maximum absolute atomic E-state index is 12.2. The Kier molecular flexibility index (Phi) is 6.13. The molecule has 1 aromatic rings. The number of morpholine rings is 1. The second kappa shape index (κ2) is 8.09. The first-order chi connectivity index (χ1) is 11.4. The van der Waals surface area contributed by atoms with E-state index in [0.29, 0.717) is 38.8 Å². The summed E-state index contributed by atoms with van der Waals surface area (Å²) in [5.41, 5.74) is 6.68. The molecular formula is C15H20F3N3O3. The number of ether oxygens (including phenoxy) is 3. The highest BCUT2D eigenvalue weighted by molar-refractivity contribution is 5.78. The van der Waals surface area contributed by atoms with Gasteiger partial charge in [-0.15, -0.1) is 0 Å². The van der Waals surface area contributed by atoms with Gasteiger partial charge in [-0.25, -0.2) is 4.99 Å². The van der Waals surface area contributed by atoms with Crippen LogP contribution in [-0.4, -0.2) is 57.1 Å². The minimum absolute atomic E-state index is 0.0312. The molecular weight excluding hydrogens is 327 g/mol. The van der Waals surface area contributed by atoms with Crippen molar-refractivity contribution in [3.63, 3.8) is 0 Å². The highest BCUT2D eigenvalue weighted by Crippen LogP contribution is 2.30. The van der Waals surface area contributed by atoms with Crippen LogP contribution in [0.3, 0.4) is 0 Å². The van der Waals surface area contributed by atoms with Crippen LogP contribution in [-0.2, 0) is 11.3 Å². The van der Waals surface area contributed by atoms with Crippen LogP contribution in [0.2, 0.25) is 0 Å². The lowest BCUT2D eigenvalue weighted by molar-refractivity contribution is -0.153. The molecule has 0 spiro atoms. The minimum atomic E-state index is -4.40. The van der Waals surface area contributed by atoms with Gasteiger partial charge in [0, 0.05) is 13.1 Å². The fourth-order valence-corrected chi connectivity index (χ4v) is 2.15. The summed E-state index contributed by atoms with van der Waals surface area (Å²) in [6.07, 6.45) is -4.40. The first-order valence-corrected chi connectivity index (χ1v) is 7.38. The summed E-state index contributed by atoms with van der Waals surface area (Å²) >= 11 is 0. The van der Waals surface area contributed by atoms with Crippen LogP contribution in [0.5, 0.6) is 11.5 Å². The van der Waals surface area contributed by atoms with Crippen molar-refractivity contribution in [2.75, 3.05) is 40.0 Å². The van der Waals surface area contributed by atoms with Crippen LogP contribution in [0.15, 0.2) is 23.2 Å². The monoisotopic (exact) mass is 347 g/mol. The summed E-state index contributed by atoms with van der Waals surface area (Å²) in [6, 6.07) is 4.65. The molecule has 0 atom stereocenters. The molecule has 0 amide bonds. The number of hydrogen-bond donors (Lipinski definition) is 1. The Hall–Kier alpha value is -2.16. The van der Waals surface area contributed by atoms with Crippen LogP contribution < -0.4 is 15.2 Å². The molecule has 2 N–H and O–H groups in total. The van der Waals surface area contributed by atoms with Gasteiger partial charge in [-0.1, -0.05) is 6.07 Å². The fourth-order valence-electron chi connectivity index (χ4n) is 2.15. The first-order valence-electron chi connectivity index (χ1n) is 7.38. The largest absolute Gasteiger partial charge is 0.493 e. The molecule has 1 aromatic carbocycles. The standard InChI is InChI=1S/C15H20F3N3O3/c1-22-13-8-11(2-3-12(13)24-10-15(16,17)18)9-20-14(19)21-4-6-23-7-5-21/h2-3,8H,4-7,9-10H2,1H3,(H2,19,20). The van der Waals surface area contributed by atoms with Gasteiger partial charge in [-0.05, 0) is 17.7 Å². The summed E-state index contributed by atoms with van der Waals surface area (Å²) < 4.78 is 51.7. The van der Waals surface area contributed by atoms with Crippen molar-refractivity contribution in [3.05, 3.63) is 23.8 Å². The van der Waals surface area contributed by atoms with Crippen molar-refractivity contribution in [2.45, 2.75) is 12.7 Å². The van der Waals surface area contributed by atoms with E-state index in [4.69, 9.17) is 19.9 Å². The maximum Gasteiger partial charge on any atom is 0.422 e. The van der Waals surface area contributed by atoms with E-state index in [0.717, 1.165) is 5.56 Å². The molecule has 1 aliphatic rings. The molecule has 134 valence electrons. The lowest BCUT2D eigenvalue weighted by atomic mass is 10.2. The molecule has 1 aliphatic heterocycles. The number of nitrogens with two attached hydrogens (primary N) is 1. The van der Waals surface area contributed by atoms with Crippen molar-refractivity contribution in [3.8, 4) is 11.5 Å². The zero-order valence-corrected chi connectivity index (χ0v) is 13.3. The van der Waals surface area contributed by atoms with E-state index in [9.17, 15) is 13.2 Å². The normalized spacial score (nSPS) is 16.2. The molecule has 6 nitrogen and oxygen atoms in total. The van der Waals surface area contributed by atoms with Crippen molar-refractivity contribution < 1.29 is 27.4 Å². The molecule has 0 unspecified atom stereocenters. The molecule has 0 radical (unpaired) electrons. The summed E-state index contributed by atoms with van der Waals surface area (Å²) in [6.45, 7) is 1.50. The summed E-state index contributed by atoms with van der Waals surface area (Å²) in [4.78, 5) is 6.22. The van der Waals surface area contributed by atoms with Crippen LogP contribution in [0.25, 0.3) is 0 Å². The summed E-state index contributed by atoms with van der Waals surface area (Å²) in [5, 5.41) is 0. The van der Waals surface area contributed by atoms with Crippen LogP contribution in [0, 0.1) is 0 Å². The van der Waals surface area contributed by atoms with E-state index < -0.39 is 12.8 Å². The number of guanidine groups is 1. The molecule has 24 heavy (non-hydrogen) atoms. The third kappa shape index (κ3) is 5.48. The Morgan fingerprint density at radius 3 is 2.62 bits per heavy atom. The van der Waals surface area contributed by atoms with Crippen molar-refractivity contribution in [1.29, 1.82) is 0 Å². The van der Waals surface area contributed by atoms with Gasteiger partial charge in [0.2, 0.25) is 0 Å². The lowest BCUT2D eigenvalue weighted by Gasteiger charge is -2.27. The Morgan fingerprint density at radius 2 is 2.00 bits per heavy atom. The van der Waals surface area contributed by atoms with Crippen molar-refractivity contribution >= 4 is 5.96 Å². The molecule has 1 heterocycles. The number of halogens is 3. The van der Waals surface area contributed by atoms with E-state index in [1.807, 2.05) is 4.90 Å². The predicted octanol–water partition coefficient (Wildman–Crippen LogP) is 1.78. The van der Waals surface area contributed by atoms with E-state index in [2.05, 4.69) is 4.99 Å². The summed E-state index contributed by atoms with van der Waals surface area (Å²) in [7, 11) is 1.37. The molecule has 0 bridgehead atoms. The zero-order chi connectivity index (χ0) is 17.6. The van der Waals surface area contributed by atoms with Crippen LogP contribution in [0.1, 0.15) is 5.56 Å².